The average Bonchev–Trinajstić information content (AvgIpc) is 3.42. The third-order valence-corrected chi connectivity index (χ3v) is 5.27. The molecule has 0 unspecified atom stereocenters. The second-order valence-corrected chi connectivity index (χ2v) is 7.13. The maximum absolute atomic E-state index is 11.9. The standard InChI is InChI=1S/C17H14N8O3S/c1-27-8-12-19-16-21-20-14-10(7-13(26)28-2)22-25(15(14)24(16)23-12)17-18-9-5-3-4-6-11(9)29-17/h3-6H,7-8H2,1-2H3. The molecule has 0 N–H and O–H groups in total. The lowest BCUT2D eigenvalue weighted by Crippen LogP contribution is -2.06. The van der Waals surface area contributed by atoms with Crippen LogP contribution in [0.25, 0.3) is 32.3 Å². The van der Waals surface area contributed by atoms with Crippen LogP contribution in [0.15, 0.2) is 24.3 Å². The van der Waals surface area contributed by atoms with E-state index in [1.807, 2.05) is 24.3 Å². The summed E-state index contributed by atoms with van der Waals surface area (Å²) in [4.78, 5) is 20.9. The highest BCUT2D eigenvalue weighted by atomic mass is 32.1. The number of ether oxygens (including phenoxy) is 2. The van der Waals surface area contributed by atoms with E-state index in [0.717, 1.165) is 10.2 Å². The third kappa shape index (κ3) is 2.89. The molecule has 5 rings (SSSR count). The van der Waals surface area contributed by atoms with Gasteiger partial charge < -0.3 is 9.47 Å². The van der Waals surface area contributed by atoms with Crippen molar-refractivity contribution < 1.29 is 14.3 Å². The van der Waals surface area contributed by atoms with Crippen LogP contribution in [0.5, 0.6) is 0 Å². The molecule has 0 atom stereocenters. The van der Waals surface area contributed by atoms with E-state index in [1.54, 1.807) is 11.8 Å². The molecule has 0 bridgehead atoms. The van der Waals surface area contributed by atoms with Gasteiger partial charge in [-0.25, -0.2) is 4.98 Å². The largest absolute Gasteiger partial charge is 0.469 e. The maximum Gasteiger partial charge on any atom is 0.311 e. The number of carbonyl (C=O) groups is 1. The van der Waals surface area contributed by atoms with Crippen molar-refractivity contribution >= 4 is 44.5 Å². The Kier molecular flexibility index (Phi) is 4.14. The number of benzene rings is 1. The SMILES string of the molecule is COCc1nc2nnc3c(CC(=O)OC)nn(-c4nc5ccccc5s4)c3n2n1. The topological polar surface area (TPSA) is 122 Å². The monoisotopic (exact) mass is 410 g/mol. The number of thiazole rings is 1. The fourth-order valence-corrected chi connectivity index (χ4v) is 3.91. The van der Waals surface area contributed by atoms with Gasteiger partial charge >= 0.3 is 5.97 Å². The number of rotatable bonds is 5. The summed E-state index contributed by atoms with van der Waals surface area (Å²) in [5, 5.41) is 18.0. The van der Waals surface area contributed by atoms with Crippen LogP contribution in [0.2, 0.25) is 0 Å². The highest BCUT2D eigenvalue weighted by molar-refractivity contribution is 7.20. The van der Waals surface area contributed by atoms with E-state index in [1.165, 1.54) is 23.0 Å². The van der Waals surface area contributed by atoms with Crippen molar-refractivity contribution in [1.29, 1.82) is 0 Å². The number of esters is 1. The van der Waals surface area contributed by atoms with Gasteiger partial charge in [-0.1, -0.05) is 23.5 Å². The number of methoxy groups -OCH3 is 2. The van der Waals surface area contributed by atoms with Gasteiger partial charge in [-0.15, -0.1) is 15.3 Å². The van der Waals surface area contributed by atoms with Crippen molar-refractivity contribution in [1.82, 2.24) is 39.6 Å². The summed E-state index contributed by atoms with van der Waals surface area (Å²) in [6, 6.07) is 7.79. The predicted octanol–water partition coefficient (Wildman–Crippen LogP) is 1.33. The number of para-hydroxylation sites is 1. The molecular weight excluding hydrogens is 396 g/mol. The first-order chi connectivity index (χ1) is 14.2. The van der Waals surface area contributed by atoms with Gasteiger partial charge in [0.1, 0.15) is 12.3 Å². The van der Waals surface area contributed by atoms with Gasteiger partial charge in [0.25, 0.3) is 5.78 Å². The predicted molar refractivity (Wildman–Crippen MR) is 103 cm³/mol. The molecular formula is C17H14N8O3S. The van der Waals surface area contributed by atoms with Gasteiger partial charge in [-0.2, -0.15) is 19.3 Å². The Labute approximate surface area is 166 Å². The molecule has 146 valence electrons. The quantitative estimate of drug-likeness (QED) is 0.395. The second-order valence-electron chi connectivity index (χ2n) is 6.12. The molecule has 0 saturated carbocycles. The first kappa shape index (κ1) is 17.6. The molecule has 5 aromatic rings. The molecule has 0 radical (unpaired) electrons. The zero-order chi connectivity index (χ0) is 20.0. The van der Waals surface area contributed by atoms with Crippen molar-refractivity contribution in [2.75, 3.05) is 14.2 Å². The summed E-state index contributed by atoms with van der Waals surface area (Å²) in [7, 11) is 2.89. The average molecular weight is 410 g/mol. The van der Waals surface area contributed by atoms with Crippen LogP contribution >= 0.6 is 11.3 Å². The van der Waals surface area contributed by atoms with Gasteiger partial charge in [-0.05, 0) is 12.1 Å². The summed E-state index contributed by atoms with van der Waals surface area (Å²) in [5.74, 6) is 0.332. The van der Waals surface area contributed by atoms with E-state index >= 15 is 0 Å². The summed E-state index contributed by atoms with van der Waals surface area (Å²) in [5.41, 5.74) is 2.21. The zero-order valence-corrected chi connectivity index (χ0v) is 16.3. The molecule has 0 aliphatic rings. The number of hydrogen-bond acceptors (Lipinski definition) is 10. The fourth-order valence-electron chi connectivity index (χ4n) is 2.99. The van der Waals surface area contributed by atoms with Crippen molar-refractivity contribution in [2.45, 2.75) is 13.0 Å². The van der Waals surface area contributed by atoms with Gasteiger partial charge in [0, 0.05) is 7.11 Å². The number of fused-ring (bicyclic) bond motifs is 4. The summed E-state index contributed by atoms with van der Waals surface area (Å²) >= 11 is 1.47. The molecule has 0 aliphatic carbocycles. The van der Waals surface area contributed by atoms with E-state index in [-0.39, 0.29) is 13.0 Å². The van der Waals surface area contributed by atoms with E-state index in [0.29, 0.717) is 33.6 Å². The van der Waals surface area contributed by atoms with E-state index in [4.69, 9.17) is 9.47 Å². The molecule has 11 nitrogen and oxygen atoms in total. The van der Waals surface area contributed by atoms with Crippen LogP contribution in [-0.2, 0) is 27.3 Å². The Bertz CT molecular complexity index is 1340. The lowest BCUT2D eigenvalue weighted by molar-refractivity contribution is -0.139. The van der Waals surface area contributed by atoms with Gasteiger partial charge in [-0.3, -0.25) is 4.79 Å². The van der Waals surface area contributed by atoms with E-state index in [9.17, 15) is 4.79 Å². The van der Waals surface area contributed by atoms with Gasteiger partial charge in [0.2, 0.25) is 5.13 Å². The van der Waals surface area contributed by atoms with Gasteiger partial charge in [0.05, 0.1) is 23.7 Å². The van der Waals surface area contributed by atoms with Crippen molar-refractivity contribution in [3.05, 3.63) is 35.8 Å². The van der Waals surface area contributed by atoms with Crippen molar-refractivity contribution in [3.63, 3.8) is 0 Å². The Hall–Kier alpha value is -3.51. The first-order valence-electron chi connectivity index (χ1n) is 8.59. The molecule has 29 heavy (non-hydrogen) atoms. The van der Waals surface area contributed by atoms with Crippen LogP contribution in [0, 0.1) is 0 Å². The van der Waals surface area contributed by atoms with Crippen LogP contribution < -0.4 is 0 Å². The normalized spacial score (nSPS) is 11.7. The van der Waals surface area contributed by atoms with Crippen LogP contribution in [-0.4, -0.2) is 59.7 Å². The molecule has 0 amide bonds. The minimum Gasteiger partial charge on any atom is -0.469 e. The van der Waals surface area contributed by atoms with Crippen LogP contribution in [0.1, 0.15) is 11.5 Å². The molecule has 0 aliphatic heterocycles. The Balaban J connectivity index is 1.80. The second kappa shape index (κ2) is 6.83. The molecule has 4 heterocycles. The Morgan fingerprint density at radius 2 is 2.00 bits per heavy atom. The first-order valence-corrected chi connectivity index (χ1v) is 9.41. The molecule has 0 saturated heterocycles. The van der Waals surface area contributed by atoms with E-state index in [2.05, 4.69) is 30.4 Å². The number of aromatic nitrogens is 8. The maximum atomic E-state index is 11.9. The number of hydrogen-bond donors (Lipinski definition) is 0. The minimum atomic E-state index is -0.429. The smallest absolute Gasteiger partial charge is 0.311 e. The highest BCUT2D eigenvalue weighted by Gasteiger charge is 2.23. The molecule has 4 aromatic heterocycles. The molecule has 0 spiro atoms. The zero-order valence-electron chi connectivity index (χ0n) is 15.4. The lowest BCUT2D eigenvalue weighted by atomic mass is 10.3. The van der Waals surface area contributed by atoms with E-state index < -0.39 is 5.97 Å². The Morgan fingerprint density at radius 3 is 2.79 bits per heavy atom. The highest BCUT2D eigenvalue weighted by Crippen LogP contribution is 2.28. The minimum absolute atomic E-state index is 0.0509. The molecule has 1 aromatic carbocycles. The van der Waals surface area contributed by atoms with Crippen LogP contribution in [0.4, 0.5) is 0 Å². The van der Waals surface area contributed by atoms with Crippen molar-refractivity contribution in [3.8, 4) is 5.13 Å². The van der Waals surface area contributed by atoms with Crippen LogP contribution in [0.3, 0.4) is 0 Å². The molecule has 0 fully saturated rings. The Morgan fingerprint density at radius 1 is 1.14 bits per heavy atom. The van der Waals surface area contributed by atoms with Gasteiger partial charge in [0.15, 0.2) is 17.0 Å². The number of carbonyl (C=O) groups excluding carboxylic acids is 1. The summed E-state index contributed by atoms with van der Waals surface area (Å²) < 4.78 is 14.1. The fraction of sp³-hybridized carbons (Fsp3) is 0.235. The third-order valence-electron chi connectivity index (χ3n) is 4.26. The molecule has 12 heteroatoms. The van der Waals surface area contributed by atoms with Crippen molar-refractivity contribution in [2.24, 2.45) is 0 Å². The lowest BCUT2D eigenvalue weighted by Gasteiger charge is -1.98. The number of nitrogens with zero attached hydrogens (tertiary/aromatic N) is 8. The summed E-state index contributed by atoms with van der Waals surface area (Å²) in [6.45, 7) is 0.231. The summed E-state index contributed by atoms with van der Waals surface area (Å²) in [6.07, 6.45) is -0.0509.